The minimum Gasteiger partial charge on any atom is -0.496 e. The number of methoxy groups -OCH3 is 1. The van der Waals surface area contributed by atoms with E-state index in [9.17, 15) is 14.7 Å². The van der Waals surface area contributed by atoms with Crippen molar-refractivity contribution in [3.8, 4) is 5.75 Å². The zero-order valence-corrected chi connectivity index (χ0v) is 20.7. The fourth-order valence-electron chi connectivity index (χ4n) is 4.36. The molecule has 0 aromatic heterocycles. The van der Waals surface area contributed by atoms with Gasteiger partial charge in [-0.3, -0.25) is 9.59 Å². The van der Waals surface area contributed by atoms with Gasteiger partial charge in [-0.1, -0.05) is 46.3 Å². The summed E-state index contributed by atoms with van der Waals surface area (Å²) in [5.74, 6) is -0.0971. The van der Waals surface area contributed by atoms with E-state index in [0.717, 1.165) is 32.1 Å². The standard InChI is InChI=1S/C26H28BrN3O4/c1-15(31)24(28)25(32)29-21-11-7-16-5-3-4-6-22(16)30(26(21)33)14-20-19-10-9-18(27)13-17(19)8-12-23(20)34-2/h3-6,8-10,12-13,15,21,24,31H,7,11,14,28H2,1-2H3,(H,29,32)/t15-,21-,24-/m0/s1. The van der Waals surface area contributed by atoms with Crippen molar-refractivity contribution in [1.82, 2.24) is 5.32 Å². The van der Waals surface area contributed by atoms with Gasteiger partial charge < -0.3 is 25.8 Å². The summed E-state index contributed by atoms with van der Waals surface area (Å²) in [5, 5.41) is 14.5. The van der Waals surface area contributed by atoms with Crippen molar-refractivity contribution in [2.45, 2.75) is 44.5 Å². The molecule has 3 aromatic rings. The lowest BCUT2D eigenvalue weighted by Crippen LogP contribution is -2.54. The second-order valence-corrected chi connectivity index (χ2v) is 9.45. The number of rotatable bonds is 6. The summed E-state index contributed by atoms with van der Waals surface area (Å²) < 4.78 is 6.63. The zero-order valence-electron chi connectivity index (χ0n) is 19.1. The number of anilines is 1. The number of benzene rings is 3. The topological polar surface area (TPSA) is 105 Å². The Bertz CT molecular complexity index is 1230. The first-order valence-corrected chi connectivity index (χ1v) is 12.0. The molecular formula is C26H28BrN3O4. The van der Waals surface area contributed by atoms with Crippen molar-refractivity contribution in [2.24, 2.45) is 5.73 Å². The van der Waals surface area contributed by atoms with E-state index in [4.69, 9.17) is 10.5 Å². The molecule has 0 unspecified atom stereocenters. The van der Waals surface area contributed by atoms with E-state index in [1.54, 1.807) is 12.0 Å². The SMILES string of the molecule is COc1ccc2cc(Br)ccc2c1CN1C(=O)[C@@H](NC(=O)[C@@H](N)[C@H](C)O)CCc2ccccc21. The molecule has 8 heteroatoms. The van der Waals surface area contributed by atoms with Gasteiger partial charge in [-0.2, -0.15) is 0 Å². The molecule has 4 rings (SSSR count). The van der Waals surface area contributed by atoms with E-state index in [0.29, 0.717) is 18.6 Å². The fraction of sp³-hybridized carbons (Fsp3) is 0.308. The Labute approximate surface area is 207 Å². The molecule has 178 valence electrons. The van der Waals surface area contributed by atoms with Crippen LogP contribution in [0.3, 0.4) is 0 Å². The van der Waals surface area contributed by atoms with Crippen molar-refractivity contribution >= 4 is 44.2 Å². The first-order chi connectivity index (χ1) is 16.3. The highest BCUT2D eigenvalue weighted by Crippen LogP contribution is 2.35. The van der Waals surface area contributed by atoms with Gasteiger partial charge in [-0.15, -0.1) is 0 Å². The first kappa shape index (κ1) is 24.2. The fourth-order valence-corrected chi connectivity index (χ4v) is 4.74. The van der Waals surface area contributed by atoms with E-state index < -0.39 is 24.1 Å². The number of carbonyl (C=O) groups excluding carboxylic acids is 2. The number of nitrogens with one attached hydrogen (secondary N) is 1. The van der Waals surface area contributed by atoms with Gasteiger partial charge in [0.15, 0.2) is 0 Å². The Hall–Kier alpha value is -2.94. The number of aryl methyl sites for hydroxylation is 1. The molecule has 2 amide bonds. The van der Waals surface area contributed by atoms with Crippen LogP contribution in [0.15, 0.2) is 59.1 Å². The van der Waals surface area contributed by atoms with Gasteiger partial charge in [-0.25, -0.2) is 0 Å². The van der Waals surface area contributed by atoms with Crippen LogP contribution in [0, 0.1) is 0 Å². The number of hydrogen-bond donors (Lipinski definition) is 3. The highest BCUT2D eigenvalue weighted by atomic mass is 79.9. The van der Waals surface area contributed by atoms with Gasteiger partial charge in [0, 0.05) is 15.7 Å². The molecule has 0 radical (unpaired) electrons. The van der Waals surface area contributed by atoms with Gasteiger partial charge in [0.2, 0.25) is 11.8 Å². The molecule has 0 fully saturated rings. The van der Waals surface area contributed by atoms with E-state index >= 15 is 0 Å². The number of nitrogens with two attached hydrogens (primary N) is 1. The molecule has 0 saturated heterocycles. The number of carbonyl (C=O) groups is 2. The molecule has 0 aliphatic carbocycles. The molecule has 3 aromatic carbocycles. The van der Waals surface area contributed by atoms with Crippen LogP contribution in [-0.4, -0.2) is 42.2 Å². The average Bonchev–Trinajstić information content (AvgIpc) is 2.95. The third-order valence-electron chi connectivity index (χ3n) is 6.27. The van der Waals surface area contributed by atoms with Gasteiger partial charge >= 0.3 is 0 Å². The van der Waals surface area contributed by atoms with E-state index in [1.807, 2.05) is 54.6 Å². The van der Waals surface area contributed by atoms with Crippen molar-refractivity contribution in [3.63, 3.8) is 0 Å². The van der Waals surface area contributed by atoms with Crippen molar-refractivity contribution in [1.29, 1.82) is 0 Å². The average molecular weight is 526 g/mol. The Morgan fingerprint density at radius 2 is 2.03 bits per heavy atom. The minimum atomic E-state index is -1.11. The van der Waals surface area contributed by atoms with Gasteiger partial charge in [-0.05, 0) is 60.4 Å². The second kappa shape index (κ2) is 10.1. The molecule has 34 heavy (non-hydrogen) atoms. The van der Waals surface area contributed by atoms with E-state index in [2.05, 4.69) is 21.2 Å². The van der Waals surface area contributed by atoms with Crippen LogP contribution in [0.25, 0.3) is 10.8 Å². The van der Waals surface area contributed by atoms with Crippen LogP contribution < -0.4 is 20.7 Å². The highest BCUT2D eigenvalue weighted by Gasteiger charge is 2.33. The van der Waals surface area contributed by atoms with Crippen molar-refractivity contribution in [2.75, 3.05) is 12.0 Å². The largest absolute Gasteiger partial charge is 0.496 e. The Balaban J connectivity index is 1.76. The molecule has 0 saturated carbocycles. The number of para-hydroxylation sites is 1. The summed E-state index contributed by atoms with van der Waals surface area (Å²) in [4.78, 5) is 28.1. The molecule has 1 heterocycles. The third kappa shape index (κ3) is 4.80. The van der Waals surface area contributed by atoms with Gasteiger partial charge in [0.05, 0.1) is 19.8 Å². The van der Waals surface area contributed by atoms with Crippen LogP contribution >= 0.6 is 15.9 Å². The maximum atomic E-state index is 13.8. The summed E-state index contributed by atoms with van der Waals surface area (Å²) in [7, 11) is 1.61. The Morgan fingerprint density at radius 1 is 1.26 bits per heavy atom. The highest BCUT2D eigenvalue weighted by molar-refractivity contribution is 9.10. The number of fused-ring (bicyclic) bond motifs is 2. The first-order valence-electron chi connectivity index (χ1n) is 11.2. The van der Waals surface area contributed by atoms with E-state index in [1.165, 1.54) is 6.92 Å². The lowest BCUT2D eigenvalue weighted by atomic mass is 10.0. The predicted octanol–water partition coefficient (Wildman–Crippen LogP) is 3.28. The number of halogens is 1. The van der Waals surface area contributed by atoms with Crippen LogP contribution in [0.2, 0.25) is 0 Å². The van der Waals surface area contributed by atoms with Gasteiger partial charge in [0.1, 0.15) is 17.8 Å². The number of aliphatic hydroxyl groups is 1. The Kier molecular flexibility index (Phi) is 7.21. The molecule has 1 aliphatic heterocycles. The quantitative estimate of drug-likeness (QED) is 0.458. The maximum Gasteiger partial charge on any atom is 0.249 e. The number of hydrogen-bond acceptors (Lipinski definition) is 5. The summed E-state index contributed by atoms with van der Waals surface area (Å²) in [6.45, 7) is 1.72. The summed E-state index contributed by atoms with van der Waals surface area (Å²) in [5.41, 5.74) is 8.52. The molecule has 0 bridgehead atoms. The molecular weight excluding hydrogens is 498 g/mol. The number of amides is 2. The van der Waals surface area contributed by atoms with Crippen molar-refractivity contribution < 1.29 is 19.4 Å². The van der Waals surface area contributed by atoms with Gasteiger partial charge in [0.25, 0.3) is 0 Å². The monoisotopic (exact) mass is 525 g/mol. The predicted molar refractivity (Wildman–Crippen MR) is 136 cm³/mol. The maximum absolute atomic E-state index is 13.8. The number of aliphatic hydroxyl groups excluding tert-OH is 1. The molecule has 7 nitrogen and oxygen atoms in total. The Morgan fingerprint density at radius 3 is 2.76 bits per heavy atom. The molecule has 0 spiro atoms. The summed E-state index contributed by atoms with van der Waals surface area (Å²) in [6, 6.07) is 15.8. The van der Waals surface area contributed by atoms with Crippen LogP contribution in [0.1, 0.15) is 24.5 Å². The second-order valence-electron chi connectivity index (χ2n) is 8.53. The number of ether oxygens (including phenoxy) is 1. The van der Waals surface area contributed by atoms with Crippen LogP contribution in [-0.2, 0) is 22.6 Å². The van der Waals surface area contributed by atoms with Crippen LogP contribution in [0.4, 0.5) is 5.69 Å². The summed E-state index contributed by atoms with van der Waals surface area (Å²) >= 11 is 3.52. The zero-order chi connectivity index (χ0) is 24.4. The van der Waals surface area contributed by atoms with Crippen LogP contribution in [0.5, 0.6) is 5.75 Å². The third-order valence-corrected chi connectivity index (χ3v) is 6.77. The summed E-state index contributed by atoms with van der Waals surface area (Å²) in [6.07, 6.45) is 0.0328. The lowest BCUT2D eigenvalue weighted by Gasteiger charge is -2.28. The molecule has 4 N–H and O–H groups in total. The smallest absolute Gasteiger partial charge is 0.249 e. The number of nitrogens with zero attached hydrogens (tertiary/aromatic N) is 1. The van der Waals surface area contributed by atoms with E-state index in [-0.39, 0.29) is 12.5 Å². The lowest BCUT2D eigenvalue weighted by molar-refractivity contribution is -0.129. The minimum absolute atomic E-state index is 0.229. The molecule has 3 atom stereocenters. The normalized spacial score (nSPS) is 17.6. The van der Waals surface area contributed by atoms with Crippen molar-refractivity contribution in [3.05, 3.63) is 70.2 Å². The molecule has 1 aliphatic rings.